The molecule has 0 heterocycles. The number of hydrogen-bond donors (Lipinski definition) is 2. The van der Waals surface area contributed by atoms with Gasteiger partial charge in [-0.15, -0.1) is 0 Å². The van der Waals surface area contributed by atoms with Crippen LogP contribution in [0, 0.1) is 5.92 Å². The zero-order chi connectivity index (χ0) is 15.8. The van der Waals surface area contributed by atoms with E-state index >= 15 is 0 Å². The number of allylic oxidation sites excluding steroid dienone is 2. The molecule has 0 radical (unpaired) electrons. The minimum absolute atomic E-state index is 0.280. The van der Waals surface area contributed by atoms with E-state index in [0.29, 0.717) is 12.5 Å². The molecule has 0 saturated carbocycles. The molecule has 3 heteroatoms. The molecule has 0 aromatic heterocycles. The number of carboxylic acids is 1. The predicted molar refractivity (Wildman–Crippen MR) is 90.4 cm³/mol. The van der Waals surface area contributed by atoms with Crippen molar-refractivity contribution in [2.24, 2.45) is 11.7 Å². The molecule has 0 bridgehead atoms. The number of hydrogen-bond acceptors (Lipinski definition) is 2. The van der Waals surface area contributed by atoms with Gasteiger partial charge in [0, 0.05) is 6.42 Å². The summed E-state index contributed by atoms with van der Waals surface area (Å²) in [6.45, 7) is 2.91. The van der Waals surface area contributed by atoms with Gasteiger partial charge in [0.05, 0.1) is 0 Å². The van der Waals surface area contributed by atoms with E-state index in [1.165, 1.54) is 44.9 Å². The van der Waals surface area contributed by atoms with E-state index in [2.05, 4.69) is 19.1 Å². The molecule has 124 valence electrons. The fraction of sp³-hybridized carbons (Fsp3) is 0.833. The molecule has 0 saturated heterocycles. The summed E-state index contributed by atoms with van der Waals surface area (Å²) in [6, 6.07) is 0. The molecule has 0 spiro atoms. The molecular formula is C18H35NO2. The van der Waals surface area contributed by atoms with Crippen molar-refractivity contribution in [3.05, 3.63) is 12.2 Å². The Bertz CT molecular complexity index is 264. The van der Waals surface area contributed by atoms with Crippen molar-refractivity contribution in [1.82, 2.24) is 0 Å². The van der Waals surface area contributed by atoms with Crippen LogP contribution in [0.3, 0.4) is 0 Å². The van der Waals surface area contributed by atoms with Gasteiger partial charge in [-0.1, -0.05) is 51.2 Å². The van der Waals surface area contributed by atoms with Crippen LogP contribution in [0.2, 0.25) is 0 Å². The van der Waals surface area contributed by atoms with Gasteiger partial charge in [-0.05, 0) is 51.0 Å². The van der Waals surface area contributed by atoms with E-state index in [9.17, 15) is 4.79 Å². The van der Waals surface area contributed by atoms with Crippen LogP contribution in [-0.2, 0) is 4.79 Å². The zero-order valence-corrected chi connectivity index (χ0v) is 13.9. The van der Waals surface area contributed by atoms with Crippen LogP contribution in [0.15, 0.2) is 12.2 Å². The van der Waals surface area contributed by atoms with Crippen LogP contribution < -0.4 is 5.73 Å². The van der Waals surface area contributed by atoms with Crippen molar-refractivity contribution in [3.8, 4) is 0 Å². The average molecular weight is 297 g/mol. The molecule has 0 aliphatic heterocycles. The van der Waals surface area contributed by atoms with Gasteiger partial charge >= 0.3 is 5.97 Å². The molecule has 0 aliphatic rings. The lowest BCUT2D eigenvalue weighted by Gasteiger charge is -2.14. The number of carbonyl (C=O) groups is 1. The van der Waals surface area contributed by atoms with Crippen molar-refractivity contribution in [2.75, 3.05) is 6.54 Å². The minimum Gasteiger partial charge on any atom is -0.481 e. The van der Waals surface area contributed by atoms with Crippen molar-refractivity contribution < 1.29 is 9.90 Å². The van der Waals surface area contributed by atoms with Gasteiger partial charge in [0.25, 0.3) is 0 Å². The standard InChI is InChI=1S/C18H35NO2/c1-2-3-4-5-6-7-8-9-10-11-12-17(15-16-19)13-14-18(20)21/h7-8,17H,2-6,9-16,19H2,1H3,(H,20,21). The summed E-state index contributed by atoms with van der Waals surface area (Å²) < 4.78 is 0. The van der Waals surface area contributed by atoms with Gasteiger partial charge in [0.2, 0.25) is 0 Å². The maximum atomic E-state index is 10.6. The van der Waals surface area contributed by atoms with Crippen LogP contribution in [0.25, 0.3) is 0 Å². The topological polar surface area (TPSA) is 63.3 Å². The lowest BCUT2D eigenvalue weighted by molar-refractivity contribution is -0.137. The number of nitrogens with two attached hydrogens (primary N) is 1. The third-order valence-corrected chi connectivity index (χ3v) is 3.97. The largest absolute Gasteiger partial charge is 0.481 e. The lowest BCUT2D eigenvalue weighted by Crippen LogP contribution is -2.10. The fourth-order valence-electron chi connectivity index (χ4n) is 2.62. The van der Waals surface area contributed by atoms with Gasteiger partial charge in [0.15, 0.2) is 0 Å². The quantitative estimate of drug-likeness (QED) is 0.334. The molecule has 1 atom stereocenters. The van der Waals surface area contributed by atoms with E-state index in [0.717, 1.165) is 25.7 Å². The van der Waals surface area contributed by atoms with E-state index in [-0.39, 0.29) is 6.42 Å². The Balaban J connectivity index is 3.52. The Hall–Kier alpha value is -0.830. The molecule has 3 nitrogen and oxygen atoms in total. The van der Waals surface area contributed by atoms with E-state index in [4.69, 9.17) is 10.8 Å². The highest BCUT2D eigenvalue weighted by atomic mass is 16.4. The highest BCUT2D eigenvalue weighted by Crippen LogP contribution is 2.19. The first-order valence-corrected chi connectivity index (χ1v) is 8.77. The van der Waals surface area contributed by atoms with Crippen LogP contribution in [0.5, 0.6) is 0 Å². The van der Waals surface area contributed by atoms with Crippen molar-refractivity contribution in [3.63, 3.8) is 0 Å². The number of rotatable bonds is 15. The van der Waals surface area contributed by atoms with Gasteiger partial charge in [-0.25, -0.2) is 0 Å². The monoisotopic (exact) mass is 297 g/mol. The molecule has 0 fully saturated rings. The predicted octanol–water partition coefficient (Wildman–Crippen LogP) is 4.90. The van der Waals surface area contributed by atoms with Gasteiger partial charge in [0.1, 0.15) is 0 Å². The molecule has 3 N–H and O–H groups in total. The first-order chi connectivity index (χ1) is 10.2. The van der Waals surface area contributed by atoms with Crippen molar-refractivity contribution in [2.45, 2.75) is 84.0 Å². The maximum absolute atomic E-state index is 10.6. The average Bonchev–Trinajstić information content (AvgIpc) is 2.46. The first-order valence-electron chi connectivity index (χ1n) is 8.77. The molecule has 1 unspecified atom stereocenters. The van der Waals surface area contributed by atoms with Gasteiger partial charge in [-0.2, -0.15) is 0 Å². The normalized spacial score (nSPS) is 12.9. The molecule has 0 rings (SSSR count). The lowest BCUT2D eigenvalue weighted by atomic mass is 9.93. The molecular weight excluding hydrogens is 262 g/mol. The van der Waals surface area contributed by atoms with Crippen molar-refractivity contribution in [1.29, 1.82) is 0 Å². The maximum Gasteiger partial charge on any atom is 0.303 e. The number of carboxylic acid groups (broad SMARTS) is 1. The second-order valence-electron chi connectivity index (χ2n) is 5.98. The van der Waals surface area contributed by atoms with E-state index in [1.807, 2.05) is 0 Å². The highest BCUT2D eigenvalue weighted by Gasteiger charge is 2.09. The van der Waals surface area contributed by atoms with Gasteiger partial charge in [-0.3, -0.25) is 4.79 Å². The SMILES string of the molecule is CCCCCCC=CCCCCC(CCN)CCC(=O)O. The summed E-state index contributed by atoms with van der Waals surface area (Å²) in [4.78, 5) is 10.6. The summed E-state index contributed by atoms with van der Waals surface area (Å²) in [5.41, 5.74) is 5.60. The Morgan fingerprint density at radius 3 is 2.24 bits per heavy atom. The Kier molecular flexibility index (Phi) is 14.9. The van der Waals surface area contributed by atoms with Crippen molar-refractivity contribution >= 4 is 5.97 Å². The highest BCUT2D eigenvalue weighted by molar-refractivity contribution is 5.66. The Morgan fingerprint density at radius 2 is 1.67 bits per heavy atom. The molecule has 21 heavy (non-hydrogen) atoms. The summed E-state index contributed by atoms with van der Waals surface area (Å²) in [5.74, 6) is -0.202. The van der Waals surface area contributed by atoms with Crippen LogP contribution >= 0.6 is 0 Å². The van der Waals surface area contributed by atoms with Crippen LogP contribution in [0.1, 0.15) is 84.0 Å². The molecule has 0 aliphatic carbocycles. The number of unbranched alkanes of at least 4 members (excludes halogenated alkanes) is 6. The zero-order valence-electron chi connectivity index (χ0n) is 13.9. The molecule has 0 aromatic carbocycles. The van der Waals surface area contributed by atoms with Crippen LogP contribution in [-0.4, -0.2) is 17.6 Å². The Morgan fingerprint density at radius 1 is 1.00 bits per heavy atom. The summed E-state index contributed by atoms with van der Waals surface area (Å²) >= 11 is 0. The van der Waals surface area contributed by atoms with Gasteiger partial charge < -0.3 is 10.8 Å². The van der Waals surface area contributed by atoms with E-state index in [1.54, 1.807) is 0 Å². The smallest absolute Gasteiger partial charge is 0.303 e. The molecule has 0 aromatic rings. The first kappa shape index (κ1) is 20.2. The summed E-state index contributed by atoms with van der Waals surface area (Å²) in [6.07, 6.45) is 17.8. The number of aliphatic carboxylic acids is 1. The summed E-state index contributed by atoms with van der Waals surface area (Å²) in [5, 5.41) is 8.74. The van der Waals surface area contributed by atoms with Crippen LogP contribution in [0.4, 0.5) is 0 Å². The minimum atomic E-state index is -0.692. The second kappa shape index (κ2) is 15.6. The Labute approximate surface area is 131 Å². The third-order valence-electron chi connectivity index (χ3n) is 3.97. The fourth-order valence-corrected chi connectivity index (χ4v) is 2.62. The van der Waals surface area contributed by atoms with E-state index < -0.39 is 5.97 Å². The molecule has 0 amide bonds. The third kappa shape index (κ3) is 15.4. The second-order valence-corrected chi connectivity index (χ2v) is 5.98. The summed E-state index contributed by atoms with van der Waals surface area (Å²) in [7, 11) is 0.